The Morgan fingerprint density at radius 3 is 2.07 bits per heavy atom. The molecule has 1 aliphatic carbocycles. The average molecular weight is 367 g/mol. The molecule has 0 spiro atoms. The standard InChI is InChI=1S/C22H25NO4/c1-3-4-5-14-19(21(24)25)23(22(26)27-2)20-17-12-8-6-10-15(17)16-11-7-9-13-18(16)20/h6-13,19-20H,3-5,14H2,1-2H3,(H,24,25)/t19-/m0/s1. The number of hydrogen-bond donors (Lipinski definition) is 1. The van der Waals surface area contributed by atoms with Crippen molar-refractivity contribution in [2.24, 2.45) is 0 Å². The highest BCUT2D eigenvalue weighted by Crippen LogP contribution is 2.47. The molecule has 27 heavy (non-hydrogen) atoms. The number of benzene rings is 2. The minimum Gasteiger partial charge on any atom is -0.480 e. The van der Waals surface area contributed by atoms with Crippen molar-refractivity contribution in [2.75, 3.05) is 7.11 Å². The first-order valence-corrected chi connectivity index (χ1v) is 9.37. The number of hydrogen-bond acceptors (Lipinski definition) is 3. The molecule has 0 bridgehead atoms. The minimum atomic E-state index is -1.00. The zero-order valence-electron chi connectivity index (χ0n) is 15.7. The van der Waals surface area contributed by atoms with E-state index in [1.54, 1.807) is 0 Å². The fraction of sp³-hybridized carbons (Fsp3) is 0.364. The molecule has 0 saturated carbocycles. The monoisotopic (exact) mass is 367 g/mol. The summed E-state index contributed by atoms with van der Waals surface area (Å²) in [5.74, 6) is -1.00. The van der Waals surface area contributed by atoms with Crippen molar-refractivity contribution in [2.45, 2.75) is 44.7 Å². The topological polar surface area (TPSA) is 66.8 Å². The molecule has 1 N–H and O–H groups in total. The first-order valence-electron chi connectivity index (χ1n) is 9.37. The third-order valence-electron chi connectivity index (χ3n) is 5.17. The number of carboxylic acid groups (broad SMARTS) is 1. The number of aliphatic carboxylic acids is 1. The van der Waals surface area contributed by atoms with Crippen LogP contribution in [0.3, 0.4) is 0 Å². The maximum atomic E-state index is 12.7. The molecule has 2 aromatic rings. The van der Waals surface area contributed by atoms with Gasteiger partial charge in [0.1, 0.15) is 6.04 Å². The molecule has 1 amide bonds. The van der Waals surface area contributed by atoms with Gasteiger partial charge in [0.2, 0.25) is 0 Å². The predicted octanol–water partition coefficient (Wildman–Crippen LogP) is 4.86. The summed E-state index contributed by atoms with van der Waals surface area (Å²) in [4.78, 5) is 26.2. The van der Waals surface area contributed by atoms with E-state index in [1.807, 2.05) is 48.5 Å². The van der Waals surface area contributed by atoms with Crippen LogP contribution in [-0.4, -0.2) is 35.2 Å². The van der Waals surface area contributed by atoms with Gasteiger partial charge in [-0.2, -0.15) is 0 Å². The lowest BCUT2D eigenvalue weighted by Crippen LogP contribution is -2.47. The van der Waals surface area contributed by atoms with E-state index in [4.69, 9.17) is 4.74 Å². The van der Waals surface area contributed by atoms with Crippen molar-refractivity contribution in [1.29, 1.82) is 0 Å². The van der Waals surface area contributed by atoms with Gasteiger partial charge in [0.05, 0.1) is 13.2 Å². The van der Waals surface area contributed by atoms with E-state index in [0.29, 0.717) is 6.42 Å². The lowest BCUT2D eigenvalue weighted by molar-refractivity contribution is -0.143. The molecular formula is C22H25NO4. The average Bonchev–Trinajstić information content (AvgIpc) is 3.01. The van der Waals surface area contributed by atoms with Gasteiger partial charge in [-0.25, -0.2) is 9.59 Å². The van der Waals surface area contributed by atoms with E-state index in [9.17, 15) is 14.7 Å². The van der Waals surface area contributed by atoms with Crippen LogP contribution >= 0.6 is 0 Å². The molecule has 0 aliphatic heterocycles. The fourth-order valence-electron chi connectivity index (χ4n) is 3.92. The third kappa shape index (κ3) is 3.54. The smallest absolute Gasteiger partial charge is 0.411 e. The first-order chi connectivity index (χ1) is 13.1. The van der Waals surface area contributed by atoms with E-state index in [2.05, 4.69) is 6.92 Å². The Balaban J connectivity index is 2.10. The van der Waals surface area contributed by atoms with Crippen molar-refractivity contribution < 1.29 is 19.4 Å². The second-order valence-electron chi connectivity index (χ2n) is 6.80. The number of nitrogens with zero attached hydrogens (tertiary/aromatic N) is 1. The molecule has 1 atom stereocenters. The van der Waals surface area contributed by atoms with E-state index < -0.39 is 24.1 Å². The van der Waals surface area contributed by atoms with Crippen LogP contribution in [0.2, 0.25) is 0 Å². The van der Waals surface area contributed by atoms with E-state index >= 15 is 0 Å². The van der Waals surface area contributed by atoms with Crippen molar-refractivity contribution >= 4 is 12.1 Å². The molecule has 0 heterocycles. The number of ether oxygens (including phenoxy) is 1. The maximum Gasteiger partial charge on any atom is 0.411 e. The van der Waals surface area contributed by atoms with E-state index in [1.165, 1.54) is 12.0 Å². The molecule has 0 saturated heterocycles. The molecule has 0 radical (unpaired) electrons. The summed E-state index contributed by atoms with van der Waals surface area (Å²) in [6.45, 7) is 2.07. The minimum absolute atomic E-state index is 0.402. The Hall–Kier alpha value is -2.82. The molecule has 0 aromatic heterocycles. The van der Waals surface area contributed by atoms with Gasteiger partial charge in [0.15, 0.2) is 0 Å². The second kappa shape index (κ2) is 8.25. The number of carbonyl (C=O) groups is 2. The SMILES string of the molecule is CCCCC[C@@H](C(=O)O)N(C(=O)OC)C1c2ccccc2-c2ccccc21. The molecule has 5 heteroatoms. The summed E-state index contributed by atoms with van der Waals surface area (Å²) in [6.07, 6.45) is 2.45. The molecular weight excluding hydrogens is 342 g/mol. The van der Waals surface area contributed by atoms with E-state index in [0.717, 1.165) is 41.5 Å². The number of unbranched alkanes of at least 4 members (excludes halogenated alkanes) is 2. The Morgan fingerprint density at radius 1 is 1.04 bits per heavy atom. The second-order valence-corrected chi connectivity index (χ2v) is 6.80. The highest BCUT2D eigenvalue weighted by atomic mass is 16.5. The summed E-state index contributed by atoms with van der Waals surface area (Å²) in [7, 11) is 1.30. The van der Waals surface area contributed by atoms with E-state index in [-0.39, 0.29) is 0 Å². The van der Waals surface area contributed by atoms with Gasteiger partial charge in [-0.05, 0) is 28.7 Å². The van der Waals surface area contributed by atoms with Gasteiger partial charge in [0, 0.05) is 0 Å². The van der Waals surface area contributed by atoms with Gasteiger partial charge < -0.3 is 9.84 Å². The Morgan fingerprint density at radius 2 is 1.59 bits per heavy atom. The highest BCUT2D eigenvalue weighted by Gasteiger charge is 2.41. The normalized spacial score (nSPS) is 13.6. The number of methoxy groups -OCH3 is 1. The Kier molecular flexibility index (Phi) is 5.79. The van der Waals surface area contributed by atoms with Crippen LogP contribution in [0.25, 0.3) is 11.1 Å². The summed E-state index contributed by atoms with van der Waals surface area (Å²) < 4.78 is 5.02. The molecule has 0 unspecified atom stereocenters. The predicted molar refractivity (Wildman–Crippen MR) is 104 cm³/mol. The molecule has 5 nitrogen and oxygen atoms in total. The highest BCUT2D eigenvalue weighted by molar-refractivity contribution is 5.85. The Bertz CT molecular complexity index is 787. The lowest BCUT2D eigenvalue weighted by atomic mass is 9.99. The van der Waals surface area contributed by atoms with Crippen molar-refractivity contribution in [3.05, 3.63) is 59.7 Å². The molecule has 2 aromatic carbocycles. The number of carbonyl (C=O) groups excluding carboxylic acids is 1. The van der Waals surface area contributed by atoms with Gasteiger partial charge in [-0.1, -0.05) is 74.7 Å². The lowest BCUT2D eigenvalue weighted by Gasteiger charge is -2.34. The molecule has 3 rings (SSSR count). The maximum absolute atomic E-state index is 12.7. The van der Waals surface area contributed by atoms with Crippen LogP contribution in [-0.2, 0) is 9.53 Å². The summed E-state index contributed by atoms with van der Waals surface area (Å²) in [6, 6.07) is 14.3. The largest absolute Gasteiger partial charge is 0.480 e. The zero-order valence-corrected chi connectivity index (χ0v) is 15.7. The first kappa shape index (κ1) is 19.0. The summed E-state index contributed by atoms with van der Waals surface area (Å²) in [5, 5.41) is 9.89. The van der Waals surface area contributed by atoms with Crippen LogP contribution in [0.1, 0.15) is 49.8 Å². The number of rotatable bonds is 7. The third-order valence-corrected chi connectivity index (χ3v) is 5.17. The number of amides is 1. The van der Waals surface area contributed by atoms with Crippen molar-refractivity contribution in [3.63, 3.8) is 0 Å². The van der Waals surface area contributed by atoms with Gasteiger partial charge in [0.25, 0.3) is 0 Å². The summed E-state index contributed by atoms with van der Waals surface area (Å²) in [5.41, 5.74) is 3.94. The summed E-state index contributed by atoms with van der Waals surface area (Å²) >= 11 is 0. The number of carboxylic acids is 1. The molecule has 0 fully saturated rings. The molecule has 1 aliphatic rings. The van der Waals surface area contributed by atoms with Gasteiger partial charge >= 0.3 is 12.1 Å². The quantitative estimate of drug-likeness (QED) is 0.710. The van der Waals surface area contributed by atoms with Crippen molar-refractivity contribution in [1.82, 2.24) is 4.90 Å². The van der Waals surface area contributed by atoms with Crippen LogP contribution in [0.5, 0.6) is 0 Å². The van der Waals surface area contributed by atoms with Crippen LogP contribution in [0.4, 0.5) is 4.79 Å². The fourth-order valence-corrected chi connectivity index (χ4v) is 3.92. The van der Waals surface area contributed by atoms with Gasteiger partial charge in [-0.3, -0.25) is 4.90 Å². The molecule has 142 valence electrons. The van der Waals surface area contributed by atoms with Crippen LogP contribution in [0, 0.1) is 0 Å². The Labute approximate surface area is 159 Å². The van der Waals surface area contributed by atoms with Crippen LogP contribution < -0.4 is 0 Å². The number of fused-ring (bicyclic) bond motifs is 3. The van der Waals surface area contributed by atoms with Crippen molar-refractivity contribution in [3.8, 4) is 11.1 Å². The van der Waals surface area contributed by atoms with Gasteiger partial charge in [-0.15, -0.1) is 0 Å². The van der Waals surface area contributed by atoms with Crippen LogP contribution in [0.15, 0.2) is 48.5 Å². The zero-order chi connectivity index (χ0) is 19.4.